The van der Waals surface area contributed by atoms with Crippen LogP contribution >= 0.6 is 61.1 Å². The van der Waals surface area contributed by atoms with Crippen LogP contribution in [-0.2, 0) is 6.42 Å². The zero-order valence-corrected chi connectivity index (χ0v) is 74.9. The Balaban J connectivity index is 0.000000167. The van der Waals surface area contributed by atoms with Gasteiger partial charge < -0.3 is 0 Å². The predicted octanol–water partition coefficient (Wildman–Crippen LogP) is 34.7. The first-order valence-electron chi connectivity index (χ1n) is 46.0. The van der Waals surface area contributed by atoms with Crippen LogP contribution in [0.5, 0.6) is 0 Å². The average molecular weight is 1620 g/mol. The standard InChI is InChI=1S/C31H41NS.C24H35NS.C19H27NS.C16H21NS.C14H17NS/c1-2-3-4-24-7-13-27(14-8-24)28-15-9-25(10-16-28)5-6-26-11-17-29(18-12-26)30-19-21-31(22-20-30)32-23-33;1-2-3-4-5-19-6-8-20(9-7-19)21-10-12-22(13-11-21)23-14-16-24(17-15-23)25-18-26;1-2-3-4-5-6-16-7-9-17(10-8-16)18-11-13-19(14-12-18)20-15-21;1-2-3-13-4-6-14(7-5-13)15-8-10-16(11-9-15)17-12-18;1-11-2-4-12(5-3-11)13-6-8-14(9-7-13)15-10-16/h9-10,15-16,19-22,24,26-27,29H,2-8,11-14,17-18H2,1H3;14-17,19-22H,2-13H2,1H3;11-14,16-17H,2-10H2,1H3;8-11,13-14H,2-7H2,1H3;6-9,11-12H,2-5H2,1H3. The lowest BCUT2D eigenvalue weighted by Gasteiger charge is -2.38. The monoisotopic (exact) mass is 1620 g/mol. The van der Waals surface area contributed by atoms with Crippen molar-refractivity contribution in [2.45, 2.75) is 353 Å². The Morgan fingerprint density at radius 1 is 0.237 bits per heavy atom. The fourth-order valence-corrected chi connectivity index (χ4v) is 21.3. The second-order valence-corrected chi connectivity index (χ2v) is 36.7. The summed E-state index contributed by atoms with van der Waals surface area (Å²) in [5.74, 6) is 12.4. The summed E-state index contributed by atoms with van der Waals surface area (Å²) in [5, 5.41) is 12.1. The van der Waals surface area contributed by atoms with Crippen LogP contribution in [0.15, 0.2) is 171 Å². The highest BCUT2D eigenvalue weighted by atomic mass is 32.1. The van der Waals surface area contributed by atoms with Crippen molar-refractivity contribution in [1.29, 1.82) is 0 Å². The van der Waals surface area contributed by atoms with Crippen LogP contribution in [0.2, 0.25) is 0 Å². The maximum atomic E-state index is 4.70. The van der Waals surface area contributed by atoms with Crippen LogP contribution in [0.3, 0.4) is 0 Å². The van der Waals surface area contributed by atoms with E-state index in [2.05, 4.69) is 256 Å². The number of hydrogen-bond donors (Lipinski definition) is 0. The first kappa shape index (κ1) is 92.2. The molecule has 6 aromatic rings. The van der Waals surface area contributed by atoms with E-state index in [4.69, 9.17) is 12.2 Å². The van der Waals surface area contributed by atoms with Crippen LogP contribution in [-0.4, -0.2) is 25.8 Å². The van der Waals surface area contributed by atoms with E-state index in [-0.39, 0.29) is 0 Å². The molecule has 0 aliphatic heterocycles. The Bertz CT molecular complexity index is 3860. The number of isothiocyanates is 5. The number of thiocarbonyl (C=S) groups is 5. The quantitative estimate of drug-likeness (QED) is 0.0266. The Morgan fingerprint density at radius 3 is 0.754 bits per heavy atom. The van der Waals surface area contributed by atoms with E-state index in [0.717, 1.165) is 105 Å². The molecular weight excluding hydrogens is 1480 g/mol. The minimum atomic E-state index is 0.711. The molecule has 0 spiro atoms. The van der Waals surface area contributed by atoms with Gasteiger partial charge >= 0.3 is 0 Å². The van der Waals surface area contributed by atoms with Gasteiger partial charge in [-0.3, -0.25) is 0 Å². The third kappa shape index (κ3) is 32.6. The van der Waals surface area contributed by atoms with Crippen LogP contribution in [0, 0.1) is 47.3 Å². The summed E-state index contributed by atoms with van der Waals surface area (Å²) in [5.41, 5.74) is 15.0. The van der Waals surface area contributed by atoms with Gasteiger partial charge in [0.05, 0.1) is 54.2 Å². The number of aliphatic imine (C=N–C) groups is 5. The molecule has 0 amide bonds. The number of hydrogen-bond acceptors (Lipinski definition) is 10. The molecule has 13 rings (SSSR count). The van der Waals surface area contributed by atoms with Gasteiger partial charge in [0.1, 0.15) is 0 Å². The van der Waals surface area contributed by atoms with Gasteiger partial charge in [-0.2, -0.15) is 25.0 Å². The number of unbranched alkanes of at least 4 members (excludes halogenated alkanes) is 6. The molecule has 114 heavy (non-hydrogen) atoms. The molecule has 5 nitrogen and oxygen atoms in total. The zero-order valence-electron chi connectivity index (χ0n) is 70.8. The summed E-state index contributed by atoms with van der Waals surface area (Å²) in [4.78, 5) is 20.1. The van der Waals surface area contributed by atoms with Crippen molar-refractivity contribution < 1.29 is 0 Å². The molecule has 0 radical (unpaired) electrons. The van der Waals surface area contributed by atoms with Crippen molar-refractivity contribution in [2.24, 2.45) is 72.3 Å². The van der Waals surface area contributed by atoms with Gasteiger partial charge in [0.2, 0.25) is 0 Å². The lowest BCUT2D eigenvalue weighted by atomic mass is 9.68. The zero-order chi connectivity index (χ0) is 80.2. The molecule has 6 aromatic carbocycles. The van der Waals surface area contributed by atoms with Gasteiger partial charge in [0, 0.05) is 0 Å². The summed E-state index contributed by atoms with van der Waals surface area (Å²) in [7, 11) is 0. The number of aryl methyl sites for hydroxylation is 1. The van der Waals surface area contributed by atoms with Crippen LogP contribution in [0.25, 0.3) is 0 Å². The Labute approximate surface area is 719 Å². The molecule has 0 aromatic heterocycles. The van der Waals surface area contributed by atoms with E-state index >= 15 is 0 Å². The van der Waals surface area contributed by atoms with Gasteiger partial charge in [-0.15, -0.1) is 0 Å². The van der Waals surface area contributed by atoms with Gasteiger partial charge in [-0.1, -0.05) is 235 Å². The summed E-state index contributed by atoms with van der Waals surface area (Å²) in [6.45, 7) is 11.6. The fourth-order valence-electron chi connectivity index (χ4n) is 20.7. The first-order valence-corrected chi connectivity index (χ1v) is 48.0. The van der Waals surface area contributed by atoms with E-state index in [9.17, 15) is 0 Å². The molecule has 612 valence electrons. The van der Waals surface area contributed by atoms with E-state index in [0.29, 0.717) is 5.92 Å². The molecule has 7 fully saturated rings. The lowest BCUT2D eigenvalue weighted by Crippen LogP contribution is -2.25. The molecule has 0 unspecified atom stereocenters. The molecule has 0 atom stereocenters. The second-order valence-electron chi connectivity index (χ2n) is 35.7. The first-order chi connectivity index (χ1) is 56.0. The van der Waals surface area contributed by atoms with Gasteiger partial charge in [0.25, 0.3) is 0 Å². The maximum absolute atomic E-state index is 4.70. The van der Waals surface area contributed by atoms with Crippen molar-refractivity contribution in [1.82, 2.24) is 0 Å². The molecule has 7 saturated carbocycles. The average Bonchev–Trinajstić information content (AvgIpc) is 0.897. The highest BCUT2D eigenvalue weighted by Crippen LogP contribution is 2.47. The Hall–Kier alpha value is -5.68. The third-order valence-corrected chi connectivity index (χ3v) is 28.5. The Morgan fingerprint density at radius 2 is 0.465 bits per heavy atom. The highest BCUT2D eigenvalue weighted by molar-refractivity contribution is 7.79. The topological polar surface area (TPSA) is 61.8 Å². The van der Waals surface area contributed by atoms with Gasteiger partial charge in [-0.25, -0.2) is 0 Å². The number of rotatable bonds is 29. The van der Waals surface area contributed by atoms with E-state index in [1.54, 1.807) is 5.56 Å². The molecular formula is C104H141N5S5. The number of nitrogens with zero attached hydrogens (tertiary/aromatic N) is 5. The predicted molar refractivity (Wildman–Crippen MR) is 507 cm³/mol. The van der Waals surface area contributed by atoms with E-state index < -0.39 is 0 Å². The molecule has 0 heterocycles. The SMILES string of the molecule is CC1CCC(c2ccc(N=C=S)cc2)CC1.CCCC1CCC(c2ccc(N=C=S)cc2)CC1.CCCCC1CCC(c2ccc(CCC3CCC(c4ccc(N=C=S)cc4)CC3)cc2)CC1.CCCCCC1CCC(C2CCC(c3ccc(N=C=S)cc3)CC2)CC1.CCCCCCC1CCC(c2ccc(N=C=S)cc2)CC1. The van der Waals surface area contributed by atoms with Crippen molar-refractivity contribution in [3.8, 4) is 0 Å². The summed E-state index contributed by atoms with van der Waals surface area (Å²) in [6, 6.07) is 52.5. The second kappa shape index (κ2) is 53.7. The molecule has 7 aliphatic rings. The third-order valence-electron chi connectivity index (χ3n) is 28.1. The minimum absolute atomic E-state index is 0.711. The summed E-state index contributed by atoms with van der Waals surface area (Å²) >= 11 is 23.2. The highest BCUT2D eigenvalue weighted by Gasteiger charge is 2.32. The van der Waals surface area contributed by atoms with Gasteiger partial charge in [-0.05, 0) is 410 Å². The maximum Gasteiger partial charge on any atom is 0.0739 e. The number of benzene rings is 6. The fraction of sp³-hybridized carbons (Fsp3) is 0.606. The molecule has 0 bridgehead atoms. The van der Waals surface area contributed by atoms with Crippen molar-refractivity contribution in [3.05, 3.63) is 185 Å². The Kier molecular flexibility index (Phi) is 43.4. The minimum Gasteiger partial charge on any atom is -0.195 e. The van der Waals surface area contributed by atoms with Crippen molar-refractivity contribution >= 4 is 115 Å². The van der Waals surface area contributed by atoms with E-state index in [1.807, 2.05) is 24.3 Å². The molecule has 7 aliphatic carbocycles. The smallest absolute Gasteiger partial charge is 0.0739 e. The largest absolute Gasteiger partial charge is 0.195 e. The van der Waals surface area contributed by atoms with Gasteiger partial charge in [0.15, 0.2) is 0 Å². The summed E-state index contributed by atoms with van der Waals surface area (Å²) in [6.07, 6.45) is 61.5. The van der Waals surface area contributed by atoms with Crippen molar-refractivity contribution in [2.75, 3.05) is 0 Å². The normalized spacial score (nSPS) is 25.2. The molecule has 0 saturated heterocycles. The molecule has 10 heteroatoms. The van der Waals surface area contributed by atoms with E-state index in [1.165, 1.54) is 316 Å². The molecule has 0 N–H and O–H groups in total. The van der Waals surface area contributed by atoms with Crippen LogP contribution in [0.1, 0.15) is 385 Å². The van der Waals surface area contributed by atoms with Crippen LogP contribution in [0.4, 0.5) is 28.4 Å². The van der Waals surface area contributed by atoms with Crippen molar-refractivity contribution in [3.63, 3.8) is 0 Å². The lowest BCUT2D eigenvalue weighted by molar-refractivity contribution is 0.155. The summed E-state index contributed by atoms with van der Waals surface area (Å²) < 4.78 is 0. The van der Waals surface area contributed by atoms with Crippen LogP contribution < -0.4 is 0 Å².